The summed E-state index contributed by atoms with van der Waals surface area (Å²) in [6.45, 7) is -0.923. The molecule has 70 valence electrons. The van der Waals surface area contributed by atoms with Crippen molar-refractivity contribution in [3.05, 3.63) is 0 Å². The molecule has 0 bridgehead atoms. The Bertz CT molecular complexity index is 178. The molecule has 0 aromatic carbocycles. The van der Waals surface area contributed by atoms with E-state index in [-0.39, 0.29) is 0 Å². The second-order valence-electron chi connectivity index (χ2n) is 2.71. The van der Waals surface area contributed by atoms with Gasteiger partial charge >= 0.3 is 6.09 Å². The molecule has 1 heterocycles. The van der Waals surface area contributed by atoms with Gasteiger partial charge in [0.15, 0.2) is 0 Å². The first-order valence-electron chi connectivity index (χ1n) is 3.46. The normalized spacial score (nSPS) is 36.6. The third kappa shape index (κ3) is 1.63. The monoisotopic (exact) mass is 181 g/mol. The van der Waals surface area contributed by atoms with Gasteiger partial charge in [0.05, 0.1) is 13.1 Å². The van der Waals surface area contributed by atoms with Gasteiger partial charge in [-0.25, -0.2) is 13.6 Å². The van der Waals surface area contributed by atoms with Crippen LogP contribution < -0.4 is 0 Å². The van der Waals surface area contributed by atoms with Gasteiger partial charge in [-0.1, -0.05) is 0 Å². The fourth-order valence-corrected chi connectivity index (χ4v) is 1.09. The molecule has 1 saturated heterocycles. The Kier molecular flexibility index (Phi) is 2.46. The molecule has 12 heavy (non-hydrogen) atoms. The SMILES string of the molecule is O=C(O)N1CC(F)C(O)C(F)C1. The number of likely N-dealkylation sites (tertiary alicyclic amines) is 1. The number of aliphatic hydroxyl groups excluding tert-OH is 1. The topological polar surface area (TPSA) is 60.8 Å². The smallest absolute Gasteiger partial charge is 0.407 e. The van der Waals surface area contributed by atoms with Crippen molar-refractivity contribution in [1.29, 1.82) is 0 Å². The van der Waals surface area contributed by atoms with Crippen LogP contribution in [0.15, 0.2) is 0 Å². The third-order valence-corrected chi connectivity index (χ3v) is 1.80. The molecule has 0 saturated carbocycles. The standard InChI is InChI=1S/C6H9F2NO3/c7-3-1-9(6(11)12)2-4(8)5(3)10/h3-5,10H,1-2H2,(H,11,12). The number of piperidine rings is 1. The van der Waals surface area contributed by atoms with E-state index in [1.54, 1.807) is 0 Å². The summed E-state index contributed by atoms with van der Waals surface area (Å²) in [4.78, 5) is 10.9. The van der Waals surface area contributed by atoms with Crippen LogP contribution >= 0.6 is 0 Å². The van der Waals surface area contributed by atoms with Gasteiger partial charge in [-0.15, -0.1) is 0 Å². The van der Waals surface area contributed by atoms with Crippen molar-refractivity contribution in [3.63, 3.8) is 0 Å². The van der Waals surface area contributed by atoms with Crippen molar-refractivity contribution in [2.45, 2.75) is 18.4 Å². The Labute approximate surface area is 67.4 Å². The molecule has 4 nitrogen and oxygen atoms in total. The predicted octanol–water partition coefficient (Wildman–Crippen LogP) is 0.0171. The molecule has 0 aliphatic carbocycles. The van der Waals surface area contributed by atoms with Gasteiger partial charge < -0.3 is 15.1 Å². The molecule has 6 heteroatoms. The number of carboxylic acid groups (broad SMARTS) is 1. The second-order valence-corrected chi connectivity index (χ2v) is 2.71. The highest BCUT2D eigenvalue weighted by molar-refractivity contribution is 5.65. The lowest BCUT2D eigenvalue weighted by atomic mass is 10.1. The summed E-state index contributed by atoms with van der Waals surface area (Å²) in [6.07, 6.45) is -6.72. The molecule has 1 aliphatic heterocycles. The maximum absolute atomic E-state index is 12.6. The maximum atomic E-state index is 12.6. The van der Waals surface area contributed by atoms with E-state index < -0.39 is 37.6 Å². The summed E-state index contributed by atoms with van der Waals surface area (Å²) in [5.74, 6) is 0. The highest BCUT2D eigenvalue weighted by Gasteiger charge is 2.37. The van der Waals surface area contributed by atoms with Crippen LogP contribution in [-0.4, -0.2) is 52.7 Å². The van der Waals surface area contributed by atoms with E-state index in [2.05, 4.69) is 0 Å². The molecule has 0 aromatic heterocycles. The van der Waals surface area contributed by atoms with Crippen LogP contribution in [0.3, 0.4) is 0 Å². The fraction of sp³-hybridized carbons (Fsp3) is 0.833. The van der Waals surface area contributed by atoms with Crippen LogP contribution in [0, 0.1) is 0 Å². The first-order chi connectivity index (χ1) is 5.52. The largest absolute Gasteiger partial charge is 0.465 e. The highest BCUT2D eigenvalue weighted by atomic mass is 19.1. The van der Waals surface area contributed by atoms with Gasteiger partial charge in [0, 0.05) is 0 Å². The quantitative estimate of drug-likeness (QED) is 0.553. The molecule has 2 atom stereocenters. The molecule has 2 unspecified atom stereocenters. The lowest BCUT2D eigenvalue weighted by Gasteiger charge is -2.32. The van der Waals surface area contributed by atoms with Crippen molar-refractivity contribution >= 4 is 6.09 Å². The van der Waals surface area contributed by atoms with E-state index in [0.29, 0.717) is 4.90 Å². The Morgan fingerprint density at radius 2 is 1.75 bits per heavy atom. The fourth-order valence-electron chi connectivity index (χ4n) is 1.09. The van der Waals surface area contributed by atoms with Crippen LogP contribution in [0.25, 0.3) is 0 Å². The molecule has 1 rings (SSSR count). The van der Waals surface area contributed by atoms with Crippen molar-refractivity contribution in [3.8, 4) is 0 Å². The van der Waals surface area contributed by atoms with E-state index >= 15 is 0 Å². The van der Waals surface area contributed by atoms with Crippen molar-refractivity contribution in [1.82, 2.24) is 4.90 Å². The molecule has 1 amide bonds. The number of amides is 1. The van der Waals surface area contributed by atoms with Crippen molar-refractivity contribution < 1.29 is 23.8 Å². The Morgan fingerprint density at radius 3 is 2.08 bits per heavy atom. The van der Waals surface area contributed by atoms with E-state index in [9.17, 15) is 13.6 Å². The third-order valence-electron chi connectivity index (χ3n) is 1.80. The zero-order valence-corrected chi connectivity index (χ0v) is 6.15. The minimum Gasteiger partial charge on any atom is -0.465 e. The Hall–Kier alpha value is -0.910. The summed E-state index contributed by atoms with van der Waals surface area (Å²) in [6, 6.07) is 0. The zero-order chi connectivity index (χ0) is 9.30. The number of hydrogen-bond acceptors (Lipinski definition) is 2. The second kappa shape index (κ2) is 3.22. The number of hydrogen-bond donors (Lipinski definition) is 2. The van der Waals surface area contributed by atoms with Crippen molar-refractivity contribution in [2.75, 3.05) is 13.1 Å². The van der Waals surface area contributed by atoms with Crippen LogP contribution in [-0.2, 0) is 0 Å². The van der Waals surface area contributed by atoms with Crippen molar-refractivity contribution in [2.24, 2.45) is 0 Å². The molecule has 2 N–H and O–H groups in total. The Balaban J connectivity index is 2.59. The molecule has 0 aromatic rings. The molecule has 0 spiro atoms. The van der Waals surface area contributed by atoms with Crippen LogP contribution in [0.1, 0.15) is 0 Å². The van der Waals surface area contributed by atoms with Gasteiger partial charge in [0.2, 0.25) is 0 Å². The molecular weight excluding hydrogens is 172 g/mol. The van der Waals surface area contributed by atoms with Gasteiger partial charge in [-0.3, -0.25) is 0 Å². The molecular formula is C6H9F2NO3. The number of halogens is 2. The van der Waals surface area contributed by atoms with Gasteiger partial charge in [-0.2, -0.15) is 0 Å². The number of alkyl halides is 2. The zero-order valence-electron chi connectivity index (χ0n) is 6.15. The number of aliphatic hydroxyl groups is 1. The predicted molar refractivity (Wildman–Crippen MR) is 35.4 cm³/mol. The minimum absolute atomic E-state index is 0.461. The lowest BCUT2D eigenvalue weighted by molar-refractivity contribution is -0.0433. The van der Waals surface area contributed by atoms with E-state index in [1.807, 2.05) is 0 Å². The maximum Gasteiger partial charge on any atom is 0.407 e. The minimum atomic E-state index is -1.83. The van der Waals surface area contributed by atoms with E-state index in [0.717, 1.165) is 0 Å². The number of carbonyl (C=O) groups is 1. The lowest BCUT2D eigenvalue weighted by Crippen LogP contribution is -2.53. The summed E-state index contributed by atoms with van der Waals surface area (Å²) in [7, 11) is 0. The Morgan fingerprint density at radius 1 is 1.33 bits per heavy atom. The van der Waals surface area contributed by atoms with Crippen LogP contribution in [0.5, 0.6) is 0 Å². The first-order valence-corrected chi connectivity index (χ1v) is 3.46. The number of rotatable bonds is 0. The summed E-state index contributed by atoms with van der Waals surface area (Å²) in [5.41, 5.74) is 0. The highest BCUT2D eigenvalue weighted by Crippen LogP contribution is 2.16. The average Bonchev–Trinajstić information content (AvgIpc) is 1.99. The summed E-state index contributed by atoms with van der Waals surface area (Å²) < 4.78 is 25.3. The van der Waals surface area contributed by atoms with Crippen LogP contribution in [0.4, 0.5) is 13.6 Å². The molecule has 0 radical (unpaired) electrons. The van der Waals surface area contributed by atoms with Gasteiger partial charge in [0.1, 0.15) is 18.4 Å². The average molecular weight is 181 g/mol. The first kappa shape index (κ1) is 9.18. The van der Waals surface area contributed by atoms with Crippen LogP contribution in [0.2, 0.25) is 0 Å². The van der Waals surface area contributed by atoms with E-state index in [1.165, 1.54) is 0 Å². The molecule has 1 aliphatic rings. The molecule has 1 fully saturated rings. The van der Waals surface area contributed by atoms with Gasteiger partial charge in [0.25, 0.3) is 0 Å². The summed E-state index contributed by atoms with van der Waals surface area (Å²) in [5, 5.41) is 17.1. The van der Waals surface area contributed by atoms with Gasteiger partial charge in [-0.05, 0) is 0 Å². The number of nitrogens with zero attached hydrogens (tertiary/aromatic N) is 1. The van der Waals surface area contributed by atoms with E-state index in [4.69, 9.17) is 10.2 Å². The summed E-state index contributed by atoms with van der Waals surface area (Å²) >= 11 is 0.